The summed E-state index contributed by atoms with van der Waals surface area (Å²) in [5.74, 6) is 1.61. The summed E-state index contributed by atoms with van der Waals surface area (Å²) in [6.07, 6.45) is 0. The predicted molar refractivity (Wildman–Crippen MR) is 163 cm³/mol. The fourth-order valence-corrected chi connectivity index (χ4v) is 6.06. The van der Waals surface area contributed by atoms with Gasteiger partial charge in [-0.25, -0.2) is 4.98 Å². The van der Waals surface area contributed by atoms with E-state index in [0.29, 0.717) is 5.56 Å². The van der Waals surface area contributed by atoms with Crippen LogP contribution in [-0.2, 0) is 0 Å². The highest BCUT2D eigenvalue weighted by Gasteiger charge is 2.18. The number of aromatic nitrogens is 3. The van der Waals surface area contributed by atoms with Gasteiger partial charge >= 0.3 is 0 Å². The fourth-order valence-electron chi connectivity index (χ4n) is 6.06. The average Bonchev–Trinajstić information content (AvgIpc) is 3.54. The smallest absolute Gasteiger partial charge is 0.140 e. The van der Waals surface area contributed by atoms with E-state index >= 15 is 0 Å². The highest BCUT2D eigenvalue weighted by atomic mass is 15.1. The van der Waals surface area contributed by atoms with Gasteiger partial charge in [-0.15, -0.1) is 0 Å². The van der Waals surface area contributed by atoms with Crippen LogP contribution >= 0.6 is 0 Å². The van der Waals surface area contributed by atoms with E-state index in [-0.39, 0.29) is 0 Å². The van der Waals surface area contributed by atoms with Crippen LogP contribution in [-0.4, -0.2) is 14.1 Å². The van der Waals surface area contributed by atoms with E-state index in [9.17, 15) is 5.26 Å². The molecule has 0 aliphatic carbocycles. The van der Waals surface area contributed by atoms with Crippen molar-refractivity contribution in [2.24, 2.45) is 0 Å². The first-order valence-corrected chi connectivity index (χ1v) is 13.3. The number of rotatable bonds is 3. The molecule has 8 aromatic rings. The molecule has 4 nitrogen and oxygen atoms in total. The zero-order valence-corrected chi connectivity index (χ0v) is 21.5. The zero-order valence-electron chi connectivity index (χ0n) is 21.5. The number of hydrogen-bond donors (Lipinski definition) is 0. The highest BCUT2D eigenvalue weighted by molar-refractivity contribution is 6.10. The molecule has 4 heteroatoms. The Kier molecular flexibility index (Phi) is 4.85. The third-order valence-electron chi connectivity index (χ3n) is 7.78. The summed E-state index contributed by atoms with van der Waals surface area (Å²) in [6.45, 7) is 0. The Morgan fingerprint density at radius 3 is 1.27 bits per heavy atom. The van der Waals surface area contributed by atoms with Crippen molar-refractivity contribution in [2.75, 3.05) is 0 Å². The lowest BCUT2D eigenvalue weighted by atomic mass is 10.0. The van der Waals surface area contributed by atoms with Crippen molar-refractivity contribution in [1.82, 2.24) is 14.1 Å². The monoisotopic (exact) mass is 510 g/mol. The van der Waals surface area contributed by atoms with Crippen LogP contribution in [0.15, 0.2) is 133 Å². The molecule has 3 aromatic heterocycles. The molecular formula is C36H22N4. The van der Waals surface area contributed by atoms with Crippen LogP contribution in [0.1, 0.15) is 5.56 Å². The molecular weight excluding hydrogens is 488 g/mol. The topological polar surface area (TPSA) is 46.5 Å². The number of fused-ring (bicyclic) bond motifs is 6. The Balaban J connectivity index is 1.52. The van der Waals surface area contributed by atoms with E-state index in [1.165, 1.54) is 21.5 Å². The van der Waals surface area contributed by atoms with Gasteiger partial charge < -0.3 is 0 Å². The van der Waals surface area contributed by atoms with Crippen LogP contribution in [0.5, 0.6) is 0 Å². The molecule has 0 spiro atoms. The number of pyridine rings is 1. The van der Waals surface area contributed by atoms with Crippen LogP contribution in [0, 0.1) is 11.3 Å². The summed E-state index contributed by atoms with van der Waals surface area (Å²) in [5.41, 5.74) is 6.84. The van der Waals surface area contributed by atoms with Gasteiger partial charge in [-0.2, -0.15) is 5.26 Å². The van der Waals surface area contributed by atoms with E-state index in [1.807, 2.05) is 24.3 Å². The maximum Gasteiger partial charge on any atom is 0.140 e. The minimum Gasteiger partial charge on any atom is -0.294 e. The van der Waals surface area contributed by atoms with Crippen molar-refractivity contribution in [1.29, 1.82) is 5.26 Å². The third-order valence-corrected chi connectivity index (χ3v) is 7.78. The summed E-state index contributed by atoms with van der Waals surface area (Å²) in [4.78, 5) is 5.34. The lowest BCUT2D eigenvalue weighted by molar-refractivity contribution is 1.01. The van der Waals surface area contributed by atoms with Crippen molar-refractivity contribution in [3.05, 3.63) is 139 Å². The second kappa shape index (κ2) is 8.69. The molecule has 186 valence electrons. The quantitative estimate of drug-likeness (QED) is 0.238. The lowest BCUT2D eigenvalue weighted by Gasteiger charge is -2.15. The van der Waals surface area contributed by atoms with Gasteiger partial charge in [0, 0.05) is 21.5 Å². The van der Waals surface area contributed by atoms with Crippen LogP contribution in [0.25, 0.3) is 66.4 Å². The largest absolute Gasteiger partial charge is 0.294 e. The molecule has 0 aliphatic rings. The van der Waals surface area contributed by atoms with Crippen LogP contribution in [0.4, 0.5) is 0 Å². The molecule has 0 unspecified atom stereocenters. The summed E-state index contributed by atoms with van der Waals surface area (Å²) in [5, 5.41) is 14.7. The average molecular weight is 511 g/mol. The highest BCUT2D eigenvalue weighted by Crippen LogP contribution is 2.36. The Morgan fingerprint density at radius 2 is 0.850 bits per heavy atom. The first kappa shape index (κ1) is 22.3. The maximum absolute atomic E-state index is 9.98. The van der Waals surface area contributed by atoms with Gasteiger partial charge in [-0.05, 0) is 53.6 Å². The molecule has 0 saturated carbocycles. The molecule has 40 heavy (non-hydrogen) atoms. The molecule has 8 rings (SSSR count). The van der Waals surface area contributed by atoms with Gasteiger partial charge in [0.25, 0.3) is 0 Å². The number of nitrogens with zero attached hydrogens (tertiary/aromatic N) is 4. The minimum atomic E-state index is 0.634. The fraction of sp³-hybridized carbons (Fsp3) is 0. The molecule has 5 aromatic carbocycles. The van der Waals surface area contributed by atoms with Crippen molar-refractivity contribution in [3.63, 3.8) is 0 Å². The maximum atomic E-state index is 9.98. The van der Waals surface area contributed by atoms with E-state index < -0.39 is 0 Å². The van der Waals surface area contributed by atoms with E-state index in [4.69, 9.17) is 4.98 Å². The molecule has 0 bridgehead atoms. The number of hydrogen-bond acceptors (Lipinski definition) is 2. The summed E-state index contributed by atoms with van der Waals surface area (Å²) >= 11 is 0. The van der Waals surface area contributed by atoms with Gasteiger partial charge in [0.05, 0.1) is 33.7 Å². The zero-order chi connectivity index (χ0) is 26.6. The summed E-state index contributed by atoms with van der Waals surface area (Å²) in [6, 6.07) is 48.2. The van der Waals surface area contributed by atoms with Crippen molar-refractivity contribution in [2.45, 2.75) is 0 Å². The van der Waals surface area contributed by atoms with Crippen LogP contribution in [0.3, 0.4) is 0 Å². The van der Waals surface area contributed by atoms with Gasteiger partial charge in [0.2, 0.25) is 0 Å². The lowest BCUT2D eigenvalue weighted by Crippen LogP contribution is -2.04. The number of benzene rings is 5. The van der Waals surface area contributed by atoms with Gasteiger partial charge in [-0.3, -0.25) is 9.13 Å². The third kappa shape index (κ3) is 3.22. The van der Waals surface area contributed by atoms with Gasteiger partial charge in [0.15, 0.2) is 0 Å². The molecule has 3 heterocycles. The molecule has 0 fully saturated rings. The van der Waals surface area contributed by atoms with Crippen molar-refractivity contribution >= 4 is 43.6 Å². The Morgan fingerprint density at radius 1 is 0.475 bits per heavy atom. The number of para-hydroxylation sites is 4. The van der Waals surface area contributed by atoms with Crippen LogP contribution < -0.4 is 0 Å². The minimum absolute atomic E-state index is 0.634. The SMILES string of the molecule is N#Cc1ccccc1-c1cc(-n2c3ccccc3c3ccccc32)nc(-n2c3ccccc3c3ccccc32)c1. The van der Waals surface area contributed by atoms with Gasteiger partial charge in [-0.1, -0.05) is 91.0 Å². The normalized spacial score (nSPS) is 11.5. The predicted octanol–water partition coefficient (Wildman–Crippen LogP) is 8.81. The first-order chi connectivity index (χ1) is 19.8. The summed E-state index contributed by atoms with van der Waals surface area (Å²) in [7, 11) is 0. The molecule has 0 amide bonds. The van der Waals surface area contributed by atoms with Gasteiger partial charge in [0.1, 0.15) is 11.6 Å². The Hall–Kier alpha value is -5.66. The van der Waals surface area contributed by atoms with E-state index in [0.717, 1.165) is 44.8 Å². The number of nitriles is 1. The Bertz CT molecular complexity index is 2060. The summed E-state index contributed by atoms with van der Waals surface area (Å²) < 4.78 is 4.47. The first-order valence-electron chi connectivity index (χ1n) is 13.3. The molecule has 0 atom stereocenters. The second-order valence-electron chi connectivity index (χ2n) is 9.97. The molecule has 0 radical (unpaired) electrons. The second-order valence-corrected chi connectivity index (χ2v) is 9.97. The standard InChI is InChI=1S/C36H22N4/c37-23-24-11-1-2-12-26(24)25-21-35(39-31-17-7-3-13-27(31)28-14-4-8-18-32(28)39)38-36(22-25)40-33-19-9-5-15-29(33)30-16-6-10-20-34(30)40/h1-22H. The van der Waals surface area contributed by atoms with Crippen molar-refractivity contribution in [3.8, 4) is 28.8 Å². The van der Waals surface area contributed by atoms with E-state index in [2.05, 4.69) is 124 Å². The molecule has 0 aliphatic heterocycles. The van der Waals surface area contributed by atoms with E-state index in [1.54, 1.807) is 0 Å². The Labute approximate surface area is 230 Å². The van der Waals surface area contributed by atoms with Crippen LogP contribution in [0.2, 0.25) is 0 Å². The van der Waals surface area contributed by atoms with Crippen molar-refractivity contribution < 1.29 is 0 Å². The molecule has 0 N–H and O–H groups in total. The molecule has 0 saturated heterocycles.